The number of esters is 1. The number of aryl methyl sites for hydroxylation is 1. The van der Waals surface area contributed by atoms with E-state index in [2.05, 4.69) is 4.74 Å². The van der Waals surface area contributed by atoms with Crippen molar-refractivity contribution in [1.29, 1.82) is 5.26 Å². The van der Waals surface area contributed by atoms with E-state index >= 15 is 0 Å². The van der Waals surface area contributed by atoms with Crippen LogP contribution in [0.1, 0.15) is 12.0 Å². The smallest absolute Gasteiger partial charge is 0.307 e. The van der Waals surface area contributed by atoms with Gasteiger partial charge in [0.2, 0.25) is 0 Å². The zero-order valence-electron chi connectivity index (χ0n) is 8.27. The Bertz CT molecular complexity index is 365. The molecule has 4 nitrogen and oxygen atoms in total. The second-order valence-corrected chi connectivity index (χ2v) is 3.06. The molecule has 0 saturated heterocycles. The second kappa shape index (κ2) is 5.66. The van der Waals surface area contributed by atoms with Gasteiger partial charge in [0.25, 0.3) is 0 Å². The molecule has 0 heterocycles. The highest BCUT2D eigenvalue weighted by Gasteiger charge is 2.02. The topological polar surface area (TPSA) is 76.1 Å². The van der Waals surface area contributed by atoms with E-state index in [4.69, 9.17) is 11.0 Å². The lowest BCUT2D eigenvalue weighted by molar-refractivity contribution is -0.142. The minimum Gasteiger partial charge on any atom is -0.450 e. The molecule has 2 N–H and O–H groups in total. The van der Waals surface area contributed by atoms with Crippen LogP contribution in [-0.4, -0.2) is 12.6 Å². The van der Waals surface area contributed by atoms with Gasteiger partial charge in [-0.05, 0) is 24.1 Å². The predicted molar refractivity (Wildman–Crippen MR) is 55.7 cm³/mol. The summed E-state index contributed by atoms with van der Waals surface area (Å²) < 4.78 is 4.61. The van der Waals surface area contributed by atoms with Crippen LogP contribution < -0.4 is 5.73 Å². The van der Waals surface area contributed by atoms with Gasteiger partial charge in [0.1, 0.15) is 6.07 Å². The third-order valence-corrected chi connectivity index (χ3v) is 1.90. The van der Waals surface area contributed by atoms with Crippen LogP contribution in [0.3, 0.4) is 0 Å². The van der Waals surface area contributed by atoms with E-state index < -0.39 is 0 Å². The van der Waals surface area contributed by atoms with Crippen molar-refractivity contribution >= 4 is 11.7 Å². The lowest BCUT2D eigenvalue weighted by Gasteiger charge is -2.01. The first kappa shape index (κ1) is 11.1. The number of nitrogens with zero attached hydrogens (tertiary/aromatic N) is 1. The number of hydrogen-bond acceptors (Lipinski definition) is 4. The van der Waals surface area contributed by atoms with Crippen molar-refractivity contribution in [2.45, 2.75) is 12.8 Å². The summed E-state index contributed by atoms with van der Waals surface area (Å²) >= 11 is 0. The van der Waals surface area contributed by atoms with E-state index in [1.165, 1.54) is 0 Å². The zero-order valence-corrected chi connectivity index (χ0v) is 8.27. The first-order chi connectivity index (χ1) is 7.22. The van der Waals surface area contributed by atoms with E-state index in [9.17, 15) is 4.79 Å². The number of nitrogens with two attached hydrogens (primary N) is 1. The van der Waals surface area contributed by atoms with Crippen LogP contribution in [0.4, 0.5) is 5.69 Å². The molecule has 0 aromatic heterocycles. The molecule has 0 fully saturated rings. The van der Waals surface area contributed by atoms with Gasteiger partial charge in [-0.1, -0.05) is 12.1 Å². The van der Waals surface area contributed by atoms with Crippen molar-refractivity contribution in [1.82, 2.24) is 0 Å². The van der Waals surface area contributed by atoms with Gasteiger partial charge in [-0.25, -0.2) is 0 Å². The van der Waals surface area contributed by atoms with E-state index in [0.29, 0.717) is 12.1 Å². The van der Waals surface area contributed by atoms with Gasteiger partial charge >= 0.3 is 5.97 Å². The predicted octanol–water partition coefficient (Wildman–Crippen LogP) is 1.27. The summed E-state index contributed by atoms with van der Waals surface area (Å²) in [5, 5.41) is 8.19. The van der Waals surface area contributed by atoms with Crippen molar-refractivity contribution in [3.8, 4) is 6.07 Å². The van der Waals surface area contributed by atoms with Gasteiger partial charge in [-0.3, -0.25) is 4.79 Å². The molecule has 78 valence electrons. The Morgan fingerprint density at radius 3 is 2.67 bits per heavy atom. The van der Waals surface area contributed by atoms with Crippen LogP contribution in [-0.2, 0) is 16.0 Å². The van der Waals surface area contributed by atoms with Crippen molar-refractivity contribution in [2.75, 3.05) is 12.3 Å². The largest absolute Gasteiger partial charge is 0.450 e. The number of carbonyl (C=O) groups is 1. The number of benzene rings is 1. The summed E-state index contributed by atoms with van der Waals surface area (Å²) in [5.74, 6) is -0.353. The maximum Gasteiger partial charge on any atom is 0.307 e. The summed E-state index contributed by atoms with van der Waals surface area (Å²) in [6.45, 7) is -0.180. The Hall–Kier alpha value is -2.02. The van der Waals surface area contributed by atoms with Gasteiger partial charge in [-0.15, -0.1) is 0 Å². The summed E-state index contributed by atoms with van der Waals surface area (Å²) in [4.78, 5) is 11.0. The molecule has 0 aliphatic rings. The molecule has 0 spiro atoms. The standard InChI is InChI=1S/C11H12N2O2/c12-7-8-15-11(14)6-3-9-1-4-10(13)5-2-9/h1-2,4-5H,3,6,8,13H2. The third kappa shape index (κ3) is 4.14. The molecular weight excluding hydrogens is 192 g/mol. The molecule has 15 heavy (non-hydrogen) atoms. The quantitative estimate of drug-likeness (QED) is 0.591. The highest BCUT2D eigenvalue weighted by molar-refractivity contribution is 5.69. The zero-order chi connectivity index (χ0) is 11.1. The Kier molecular flexibility index (Phi) is 4.17. The fourth-order valence-corrected chi connectivity index (χ4v) is 1.12. The Balaban J connectivity index is 2.34. The first-order valence-electron chi connectivity index (χ1n) is 4.59. The highest BCUT2D eigenvalue weighted by atomic mass is 16.5. The SMILES string of the molecule is N#CCOC(=O)CCc1ccc(N)cc1. The number of nitriles is 1. The van der Waals surface area contributed by atoms with Gasteiger partial charge in [0, 0.05) is 12.1 Å². The number of nitrogen functional groups attached to an aromatic ring is 1. The molecule has 0 radical (unpaired) electrons. The van der Waals surface area contributed by atoms with Crippen molar-refractivity contribution in [2.24, 2.45) is 0 Å². The van der Waals surface area contributed by atoms with Crippen LogP contribution in [0.2, 0.25) is 0 Å². The lowest BCUT2D eigenvalue weighted by Crippen LogP contribution is -2.05. The van der Waals surface area contributed by atoms with E-state index in [0.717, 1.165) is 5.56 Å². The van der Waals surface area contributed by atoms with Crippen molar-refractivity contribution in [3.05, 3.63) is 29.8 Å². The van der Waals surface area contributed by atoms with Crippen LogP contribution in [0.5, 0.6) is 0 Å². The van der Waals surface area contributed by atoms with Crippen LogP contribution in [0.25, 0.3) is 0 Å². The molecular formula is C11H12N2O2. The number of anilines is 1. The third-order valence-electron chi connectivity index (χ3n) is 1.90. The molecule has 0 atom stereocenters. The molecule has 1 aromatic rings. The van der Waals surface area contributed by atoms with E-state index in [1.807, 2.05) is 12.1 Å². The van der Waals surface area contributed by atoms with E-state index in [-0.39, 0.29) is 19.0 Å². The Morgan fingerprint density at radius 1 is 1.40 bits per heavy atom. The molecule has 0 unspecified atom stereocenters. The molecule has 0 aliphatic carbocycles. The molecule has 1 aromatic carbocycles. The number of ether oxygens (including phenoxy) is 1. The average molecular weight is 204 g/mol. The summed E-state index contributed by atoms with van der Waals surface area (Å²) in [7, 11) is 0. The normalized spacial score (nSPS) is 9.27. The highest BCUT2D eigenvalue weighted by Crippen LogP contribution is 2.07. The molecule has 0 aliphatic heterocycles. The molecule has 1 rings (SSSR count). The summed E-state index contributed by atoms with van der Waals surface area (Å²) in [6.07, 6.45) is 0.885. The molecule has 0 saturated carbocycles. The number of rotatable bonds is 4. The van der Waals surface area contributed by atoms with Crippen LogP contribution in [0, 0.1) is 11.3 Å². The Labute approximate surface area is 88.3 Å². The lowest BCUT2D eigenvalue weighted by atomic mass is 10.1. The second-order valence-electron chi connectivity index (χ2n) is 3.06. The number of carbonyl (C=O) groups excluding carboxylic acids is 1. The fraction of sp³-hybridized carbons (Fsp3) is 0.273. The van der Waals surface area contributed by atoms with E-state index in [1.54, 1.807) is 18.2 Å². The van der Waals surface area contributed by atoms with Gasteiger partial charge in [-0.2, -0.15) is 5.26 Å². The maximum atomic E-state index is 11.0. The van der Waals surface area contributed by atoms with Gasteiger partial charge < -0.3 is 10.5 Å². The van der Waals surface area contributed by atoms with Crippen LogP contribution in [0.15, 0.2) is 24.3 Å². The monoisotopic (exact) mass is 204 g/mol. The average Bonchev–Trinajstić information content (AvgIpc) is 2.25. The molecule has 0 bridgehead atoms. The number of hydrogen-bond donors (Lipinski definition) is 1. The molecule has 4 heteroatoms. The first-order valence-corrected chi connectivity index (χ1v) is 4.59. The van der Waals surface area contributed by atoms with Gasteiger partial charge in [0.15, 0.2) is 6.61 Å². The summed E-state index contributed by atoms with van der Waals surface area (Å²) in [5.41, 5.74) is 7.25. The van der Waals surface area contributed by atoms with Crippen molar-refractivity contribution in [3.63, 3.8) is 0 Å². The minimum absolute atomic E-state index is 0.180. The Morgan fingerprint density at radius 2 is 2.07 bits per heavy atom. The van der Waals surface area contributed by atoms with Crippen LogP contribution >= 0.6 is 0 Å². The summed E-state index contributed by atoms with van der Waals surface area (Å²) in [6, 6.07) is 9.06. The fourth-order valence-electron chi connectivity index (χ4n) is 1.12. The van der Waals surface area contributed by atoms with Gasteiger partial charge in [0.05, 0.1) is 0 Å². The molecule has 0 amide bonds. The van der Waals surface area contributed by atoms with Crippen molar-refractivity contribution < 1.29 is 9.53 Å². The maximum absolute atomic E-state index is 11.0. The minimum atomic E-state index is -0.353.